The number of hydrogen-bond acceptors (Lipinski definition) is 5. The molecule has 4 aromatic rings. The smallest absolute Gasteiger partial charge is 0.222 e. The van der Waals surface area contributed by atoms with Gasteiger partial charge in [0.25, 0.3) is 0 Å². The van der Waals surface area contributed by atoms with Crippen molar-refractivity contribution in [2.75, 3.05) is 5.32 Å². The molecule has 0 bridgehead atoms. The topological polar surface area (TPSA) is 104 Å². The molecular weight excluding hydrogens is 378 g/mol. The predicted octanol–water partition coefficient (Wildman–Crippen LogP) is 4.09. The van der Waals surface area contributed by atoms with Crippen LogP contribution < -0.4 is 5.32 Å². The largest absolute Gasteiger partial charge is 0.392 e. The second kappa shape index (κ2) is 8.42. The molecule has 0 aliphatic rings. The maximum absolute atomic E-state index is 11.5. The SMILES string of the molecule is CCCc1cnc2c(-c3ccc(CO)cn3)c(-c3ccnc(NC(C)=O)c3)[nH]c2c1. The molecule has 0 aliphatic carbocycles. The summed E-state index contributed by atoms with van der Waals surface area (Å²) in [7, 11) is 0. The summed E-state index contributed by atoms with van der Waals surface area (Å²) in [6, 6.07) is 9.57. The van der Waals surface area contributed by atoms with Gasteiger partial charge in [-0.05, 0) is 41.8 Å². The zero-order valence-corrected chi connectivity index (χ0v) is 16.9. The Balaban J connectivity index is 1.91. The van der Waals surface area contributed by atoms with Gasteiger partial charge in [-0.2, -0.15) is 0 Å². The Bertz CT molecular complexity index is 1200. The molecule has 4 rings (SSSR count). The lowest BCUT2D eigenvalue weighted by molar-refractivity contribution is -0.114. The number of aliphatic hydroxyl groups excluding tert-OH is 1. The Morgan fingerprint density at radius 2 is 1.93 bits per heavy atom. The van der Waals surface area contributed by atoms with E-state index in [0.29, 0.717) is 5.82 Å². The van der Waals surface area contributed by atoms with Gasteiger partial charge >= 0.3 is 0 Å². The number of aryl methyl sites for hydroxylation is 1. The van der Waals surface area contributed by atoms with E-state index in [1.54, 1.807) is 12.4 Å². The molecule has 152 valence electrons. The number of aliphatic hydroxyl groups is 1. The molecule has 0 spiro atoms. The molecule has 0 aliphatic heterocycles. The minimum atomic E-state index is -0.177. The van der Waals surface area contributed by atoms with Crippen molar-refractivity contribution in [2.24, 2.45) is 0 Å². The van der Waals surface area contributed by atoms with Gasteiger partial charge in [-0.25, -0.2) is 4.98 Å². The van der Waals surface area contributed by atoms with Crippen LogP contribution in [0.5, 0.6) is 0 Å². The summed E-state index contributed by atoms with van der Waals surface area (Å²) >= 11 is 0. The lowest BCUT2D eigenvalue weighted by Crippen LogP contribution is -2.07. The number of amides is 1. The molecule has 30 heavy (non-hydrogen) atoms. The number of aromatic nitrogens is 4. The zero-order chi connectivity index (χ0) is 21.1. The molecule has 7 nitrogen and oxygen atoms in total. The fraction of sp³-hybridized carbons (Fsp3) is 0.217. The highest BCUT2D eigenvalue weighted by atomic mass is 16.3. The summed E-state index contributed by atoms with van der Waals surface area (Å²) in [5.41, 5.74) is 7.01. The Morgan fingerprint density at radius 3 is 2.63 bits per heavy atom. The van der Waals surface area contributed by atoms with E-state index < -0.39 is 0 Å². The van der Waals surface area contributed by atoms with Crippen molar-refractivity contribution in [3.8, 4) is 22.5 Å². The summed E-state index contributed by atoms with van der Waals surface area (Å²) < 4.78 is 0. The molecule has 0 unspecified atom stereocenters. The maximum atomic E-state index is 11.5. The van der Waals surface area contributed by atoms with Crippen molar-refractivity contribution >= 4 is 22.8 Å². The molecule has 0 atom stereocenters. The number of aromatic amines is 1. The summed E-state index contributed by atoms with van der Waals surface area (Å²) in [4.78, 5) is 28.4. The first-order valence-electron chi connectivity index (χ1n) is 9.89. The molecule has 4 aromatic heterocycles. The van der Waals surface area contributed by atoms with Crippen LogP contribution in [0.15, 0.2) is 48.9 Å². The number of pyridine rings is 3. The fourth-order valence-electron chi connectivity index (χ4n) is 3.51. The van der Waals surface area contributed by atoms with Crippen molar-refractivity contribution in [2.45, 2.75) is 33.3 Å². The summed E-state index contributed by atoms with van der Waals surface area (Å²) in [6.07, 6.45) is 7.23. The normalized spacial score (nSPS) is 11.0. The highest BCUT2D eigenvalue weighted by Gasteiger charge is 2.18. The van der Waals surface area contributed by atoms with Gasteiger partial charge in [-0.3, -0.25) is 14.8 Å². The van der Waals surface area contributed by atoms with E-state index in [4.69, 9.17) is 4.98 Å². The van der Waals surface area contributed by atoms with Gasteiger partial charge in [0.15, 0.2) is 0 Å². The van der Waals surface area contributed by atoms with Gasteiger partial charge < -0.3 is 15.4 Å². The van der Waals surface area contributed by atoms with Gasteiger partial charge in [0.2, 0.25) is 5.91 Å². The number of carbonyl (C=O) groups is 1. The van der Waals surface area contributed by atoms with Crippen LogP contribution in [-0.2, 0) is 17.8 Å². The minimum Gasteiger partial charge on any atom is -0.392 e. The van der Waals surface area contributed by atoms with E-state index in [1.807, 2.05) is 30.5 Å². The van der Waals surface area contributed by atoms with Crippen LogP contribution in [0.1, 0.15) is 31.4 Å². The number of H-pyrrole nitrogens is 1. The summed E-state index contributed by atoms with van der Waals surface area (Å²) in [5.74, 6) is 0.302. The van der Waals surface area contributed by atoms with E-state index in [9.17, 15) is 9.90 Å². The summed E-state index contributed by atoms with van der Waals surface area (Å²) in [5, 5.41) is 12.1. The standard InChI is InChI=1S/C23H23N5O2/c1-3-4-15-9-19-23(26-11-15)21(18-6-5-16(13-29)12-25-18)22(28-19)17-7-8-24-20(10-17)27-14(2)30/h5-12,28-29H,3-4,13H2,1-2H3,(H,24,27,30). The second-order valence-electron chi connectivity index (χ2n) is 7.19. The summed E-state index contributed by atoms with van der Waals surface area (Å²) in [6.45, 7) is 3.54. The molecular formula is C23H23N5O2. The maximum Gasteiger partial charge on any atom is 0.222 e. The number of fused-ring (bicyclic) bond motifs is 1. The van der Waals surface area contributed by atoms with Crippen LogP contribution in [0.25, 0.3) is 33.5 Å². The van der Waals surface area contributed by atoms with E-state index in [2.05, 4.69) is 33.3 Å². The monoisotopic (exact) mass is 401 g/mol. The minimum absolute atomic E-state index is 0.0585. The van der Waals surface area contributed by atoms with Crippen LogP contribution in [0, 0.1) is 0 Å². The molecule has 0 saturated heterocycles. The average Bonchev–Trinajstić information content (AvgIpc) is 3.12. The number of anilines is 1. The Kier molecular flexibility index (Phi) is 5.54. The second-order valence-corrected chi connectivity index (χ2v) is 7.19. The number of rotatable bonds is 6. The lowest BCUT2D eigenvalue weighted by atomic mass is 10.0. The molecule has 0 radical (unpaired) electrons. The number of hydrogen-bond donors (Lipinski definition) is 3. The number of carbonyl (C=O) groups excluding carboxylic acids is 1. The van der Waals surface area contributed by atoms with Gasteiger partial charge in [-0.1, -0.05) is 19.4 Å². The zero-order valence-electron chi connectivity index (χ0n) is 16.9. The van der Waals surface area contributed by atoms with Crippen molar-refractivity contribution < 1.29 is 9.90 Å². The first kappa shape index (κ1) is 19.7. The Morgan fingerprint density at radius 1 is 1.10 bits per heavy atom. The van der Waals surface area contributed by atoms with E-state index >= 15 is 0 Å². The van der Waals surface area contributed by atoms with Gasteiger partial charge in [0.05, 0.1) is 34.6 Å². The molecule has 7 heteroatoms. The van der Waals surface area contributed by atoms with Crippen molar-refractivity contribution in [1.82, 2.24) is 19.9 Å². The van der Waals surface area contributed by atoms with Gasteiger partial charge in [0.1, 0.15) is 5.82 Å². The predicted molar refractivity (Wildman–Crippen MR) is 117 cm³/mol. The van der Waals surface area contributed by atoms with Crippen LogP contribution in [0.4, 0.5) is 5.82 Å². The third-order valence-corrected chi connectivity index (χ3v) is 4.85. The molecule has 0 aromatic carbocycles. The van der Waals surface area contributed by atoms with E-state index in [1.165, 1.54) is 12.5 Å². The first-order chi connectivity index (χ1) is 14.6. The molecule has 1 amide bonds. The Hall–Kier alpha value is -3.58. The van der Waals surface area contributed by atoms with E-state index in [0.717, 1.165) is 52.0 Å². The van der Waals surface area contributed by atoms with Crippen LogP contribution in [-0.4, -0.2) is 30.9 Å². The van der Waals surface area contributed by atoms with E-state index in [-0.39, 0.29) is 12.5 Å². The third kappa shape index (κ3) is 3.92. The first-order valence-corrected chi connectivity index (χ1v) is 9.89. The highest BCUT2D eigenvalue weighted by molar-refractivity contribution is 6.01. The quantitative estimate of drug-likeness (QED) is 0.451. The molecule has 0 fully saturated rings. The third-order valence-electron chi connectivity index (χ3n) is 4.85. The van der Waals surface area contributed by atoms with Gasteiger partial charge in [-0.15, -0.1) is 0 Å². The van der Waals surface area contributed by atoms with Crippen LogP contribution in [0.3, 0.4) is 0 Å². The van der Waals surface area contributed by atoms with Crippen molar-refractivity contribution in [3.05, 3.63) is 60.0 Å². The molecule has 0 saturated carbocycles. The lowest BCUT2D eigenvalue weighted by Gasteiger charge is -2.07. The number of nitrogens with zero attached hydrogens (tertiary/aromatic N) is 3. The van der Waals surface area contributed by atoms with Gasteiger partial charge in [0, 0.05) is 31.1 Å². The number of nitrogens with one attached hydrogen (secondary N) is 2. The fourth-order valence-corrected chi connectivity index (χ4v) is 3.51. The van der Waals surface area contributed by atoms with Crippen molar-refractivity contribution in [3.63, 3.8) is 0 Å². The van der Waals surface area contributed by atoms with Crippen molar-refractivity contribution in [1.29, 1.82) is 0 Å². The van der Waals surface area contributed by atoms with Crippen LogP contribution >= 0.6 is 0 Å². The molecule has 4 heterocycles. The average molecular weight is 401 g/mol. The van der Waals surface area contributed by atoms with Crippen LogP contribution in [0.2, 0.25) is 0 Å². The Labute approximate surface area is 174 Å². The highest BCUT2D eigenvalue weighted by Crippen LogP contribution is 2.37. The molecule has 3 N–H and O–H groups in total.